The van der Waals surface area contributed by atoms with Crippen molar-refractivity contribution in [1.29, 1.82) is 0 Å². The molecule has 4 rings (SSSR count). The molecule has 1 fully saturated rings. The van der Waals surface area contributed by atoms with Gasteiger partial charge in [0.05, 0.1) is 12.2 Å². The lowest BCUT2D eigenvalue weighted by molar-refractivity contribution is -0.140. The molecule has 1 aromatic carbocycles. The largest absolute Gasteiger partial charge is 0.370 e. The first kappa shape index (κ1) is 20.1. The Labute approximate surface area is 176 Å². The van der Waals surface area contributed by atoms with Crippen LogP contribution >= 0.6 is 11.3 Å². The van der Waals surface area contributed by atoms with Crippen molar-refractivity contribution in [2.75, 3.05) is 26.2 Å². The second-order valence-electron chi connectivity index (χ2n) is 7.87. The number of likely N-dealkylation sites (tertiary alicyclic amines) is 1. The Bertz CT molecular complexity index is 870. The zero-order valence-electron chi connectivity index (χ0n) is 16.9. The Hall–Kier alpha value is -2.18. The number of carbonyl (C=O) groups excluding carboxylic acids is 2. The van der Waals surface area contributed by atoms with E-state index >= 15 is 0 Å². The van der Waals surface area contributed by atoms with E-state index in [2.05, 4.69) is 35.6 Å². The van der Waals surface area contributed by atoms with Gasteiger partial charge in [-0.15, -0.1) is 11.3 Å². The van der Waals surface area contributed by atoms with Crippen molar-refractivity contribution in [3.05, 3.63) is 46.8 Å². The number of amides is 2. The van der Waals surface area contributed by atoms with Crippen LogP contribution in [0.25, 0.3) is 10.4 Å². The molecule has 0 atom stereocenters. The summed E-state index contributed by atoms with van der Waals surface area (Å²) in [6, 6.07) is 12.8. The summed E-state index contributed by atoms with van der Waals surface area (Å²) in [7, 11) is 0. The summed E-state index contributed by atoms with van der Waals surface area (Å²) < 4.78 is 6.36. The van der Waals surface area contributed by atoms with Crippen molar-refractivity contribution in [2.45, 2.75) is 44.6 Å². The molecule has 2 aromatic rings. The molecule has 1 saturated heterocycles. The summed E-state index contributed by atoms with van der Waals surface area (Å²) >= 11 is 1.88. The molecule has 2 aliphatic rings. The van der Waals surface area contributed by atoms with Gasteiger partial charge in [0.15, 0.2) is 0 Å². The maximum Gasteiger partial charge on any atom is 0.222 e. The third kappa shape index (κ3) is 4.38. The Morgan fingerprint density at radius 1 is 1.21 bits per heavy atom. The molecule has 0 radical (unpaired) electrons. The van der Waals surface area contributed by atoms with E-state index in [4.69, 9.17) is 4.74 Å². The number of ether oxygens (including phenoxy) is 1. The van der Waals surface area contributed by atoms with E-state index in [-0.39, 0.29) is 17.4 Å². The van der Waals surface area contributed by atoms with Gasteiger partial charge in [0.2, 0.25) is 11.8 Å². The summed E-state index contributed by atoms with van der Waals surface area (Å²) in [5, 5.41) is 2.75. The molecular weight excluding hydrogens is 384 g/mol. The van der Waals surface area contributed by atoms with Crippen LogP contribution < -0.4 is 5.32 Å². The Morgan fingerprint density at radius 2 is 1.97 bits per heavy atom. The maximum absolute atomic E-state index is 12.5. The normalized spacial score (nSPS) is 17.8. The van der Waals surface area contributed by atoms with E-state index in [1.165, 1.54) is 27.8 Å². The molecule has 1 aromatic heterocycles. The first-order valence-electron chi connectivity index (χ1n) is 10.4. The smallest absolute Gasteiger partial charge is 0.222 e. The summed E-state index contributed by atoms with van der Waals surface area (Å²) in [4.78, 5) is 28.2. The molecule has 6 heteroatoms. The van der Waals surface area contributed by atoms with Crippen molar-refractivity contribution < 1.29 is 14.3 Å². The number of hydrogen-bond acceptors (Lipinski definition) is 4. The first-order valence-corrected chi connectivity index (χ1v) is 11.2. The molecule has 2 aliphatic heterocycles. The number of benzene rings is 1. The topological polar surface area (TPSA) is 58.6 Å². The highest BCUT2D eigenvalue weighted by Crippen LogP contribution is 2.46. The fraction of sp³-hybridized carbons (Fsp3) is 0.478. The van der Waals surface area contributed by atoms with Gasteiger partial charge < -0.3 is 15.0 Å². The monoisotopic (exact) mass is 412 g/mol. The van der Waals surface area contributed by atoms with E-state index in [0.717, 1.165) is 39.0 Å². The first-order chi connectivity index (χ1) is 14.1. The SMILES string of the molecule is CC(=O)NCCCC(=O)N1CCC2(CC1)OCCc1sc(-c3ccccc3)cc12. The van der Waals surface area contributed by atoms with E-state index in [1.54, 1.807) is 0 Å². The van der Waals surface area contributed by atoms with Gasteiger partial charge in [-0.1, -0.05) is 30.3 Å². The number of thiophene rings is 1. The van der Waals surface area contributed by atoms with Gasteiger partial charge in [-0.2, -0.15) is 0 Å². The van der Waals surface area contributed by atoms with Gasteiger partial charge in [0.1, 0.15) is 0 Å². The molecule has 0 saturated carbocycles. The van der Waals surface area contributed by atoms with E-state index in [9.17, 15) is 9.59 Å². The average Bonchev–Trinajstić information content (AvgIpc) is 3.18. The van der Waals surface area contributed by atoms with Crippen molar-refractivity contribution in [1.82, 2.24) is 10.2 Å². The van der Waals surface area contributed by atoms with Crippen LogP contribution in [0.3, 0.4) is 0 Å². The molecular formula is C23H28N2O3S. The highest BCUT2D eigenvalue weighted by Gasteiger charge is 2.42. The van der Waals surface area contributed by atoms with E-state index in [1.807, 2.05) is 22.3 Å². The third-order valence-electron chi connectivity index (χ3n) is 5.93. The van der Waals surface area contributed by atoms with Crippen LogP contribution in [0.4, 0.5) is 0 Å². The molecule has 0 bridgehead atoms. The van der Waals surface area contributed by atoms with Crippen LogP contribution in [0.2, 0.25) is 0 Å². The van der Waals surface area contributed by atoms with Gasteiger partial charge >= 0.3 is 0 Å². The molecule has 1 spiro atoms. The lowest BCUT2D eigenvalue weighted by Crippen LogP contribution is -2.48. The maximum atomic E-state index is 12.5. The number of nitrogens with zero attached hydrogens (tertiary/aromatic N) is 1. The Balaban J connectivity index is 1.41. The zero-order chi connectivity index (χ0) is 20.3. The van der Waals surface area contributed by atoms with Gasteiger partial charge in [-0.3, -0.25) is 9.59 Å². The van der Waals surface area contributed by atoms with Crippen LogP contribution in [0, 0.1) is 0 Å². The molecule has 29 heavy (non-hydrogen) atoms. The standard InChI is InChI=1S/C23H28N2O3S/c1-17(26)24-12-5-8-22(27)25-13-10-23(11-14-25)19-16-21(18-6-3-2-4-7-18)29-20(19)9-15-28-23/h2-4,6-7,16H,5,8-15H2,1H3,(H,24,26). The predicted octanol–water partition coefficient (Wildman–Crippen LogP) is 3.72. The van der Waals surface area contributed by atoms with Crippen LogP contribution in [-0.4, -0.2) is 43.0 Å². The fourth-order valence-corrected chi connectivity index (χ4v) is 5.59. The van der Waals surface area contributed by atoms with E-state index < -0.39 is 0 Å². The van der Waals surface area contributed by atoms with Crippen molar-refractivity contribution in [3.8, 4) is 10.4 Å². The molecule has 0 unspecified atom stereocenters. The molecule has 154 valence electrons. The summed E-state index contributed by atoms with van der Waals surface area (Å²) in [5.41, 5.74) is 2.35. The number of carbonyl (C=O) groups is 2. The quantitative estimate of drug-likeness (QED) is 0.762. The van der Waals surface area contributed by atoms with Crippen molar-refractivity contribution in [3.63, 3.8) is 0 Å². The number of rotatable bonds is 5. The van der Waals surface area contributed by atoms with E-state index in [0.29, 0.717) is 19.4 Å². The van der Waals surface area contributed by atoms with Gasteiger partial charge in [0, 0.05) is 49.2 Å². The molecule has 2 amide bonds. The molecule has 5 nitrogen and oxygen atoms in total. The van der Waals surface area contributed by atoms with Crippen LogP contribution in [0.5, 0.6) is 0 Å². The summed E-state index contributed by atoms with van der Waals surface area (Å²) in [5.74, 6) is 0.129. The second-order valence-corrected chi connectivity index (χ2v) is 9.01. The van der Waals surface area contributed by atoms with Gasteiger partial charge in [-0.25, -0.2) is 0 Å². The minimum atomic E-state index is -0.246. The summed E-state index contributed by atoms with van der Waals surface area (Å²) in [6.45, 7) is 4.27. The van der Waals surface area contributed by atoms with Crippen LogP contribution in [-0.2, 0) is 26.3 Å². The average molecular weight is 413 g/mol. The highest BCUT2D eigenvalue weighted by molar-refractivity contribution is 7.15. The lowest BCUT2D eigenvalue weighted by atomic mass is 9.82. The van der Waals surface area contributed by atoms with Crippen molar-refractivity contribution in [2.24, 2.45) is 0 Å². The predicted molar refractivity (Wildman–Crippen MR) is 115 cm³/mol. The number of fused-ring (bicyclic) bond motifs is 2. The molecule has 1 N–H and O–H groups in total. The lowest BCUT2D eigenvalue weighted by Gasteiger charge is -2.44. The number of hydrogen-bond donors (Lipinski definition) is 1. The summed E-state index contributed by atoms with van der Waals surface area (Å²) in [6.07, 6.45) is 3.84. The van der Waals surface area contributed by atoms with Gasteiger partial charge in [0.25, 0.3) is 0 Å². The highest BCUT2D eigenvalue weighted by atomic mass is 32.1. The minimum absolute atomic E-state index is 0.0479. The Kier molecular flexibility index (Phi) is 6.01. The minimum Gasteiger partial charge on any atom is -0.370 e. The number of nitrogens with one attached hydrogen (secondary N) is 1. The van der Waals surface area contributed by atoms with Gasteiger partial charge in [-0.05, 0) is 36.5 Å². The van der Waals surface area contributed by atoms with Crippen LogP contribution in [0.15, 0.2) is 36.4 Å². The molecule has 3 heterocycles. The number of piperidine rings is 1. The van der Waals surface area contributed by atoms with Crippen molar-refractivity contribution >= 4 is 23.2 Å². The fourth-order valence-electron chi connectivity index (χ4n) is 4.35. The second kappa shape index (κ2) is 8.67. The zero-order valence-corrected chi connectivity index (χ0v) is 17.7. The van der Waals surface area contributed by atoms with Crippen LogP contribution in [0.1, 0.15) is 43.0 Å². The Morgan fingerprint density at radius 3 is 2.69 bits per heavy atom. The molecule has 0 aliphatic carbocycles. The third-order valence-corrected chi connectivity index (χ3v) is 7.17.